The van der Waals surface area contributed by atoms with Gasteiger partial charge >= 0.3 is 0 Å². The van der Waals surface area contributed by atoms with Crippen LogP contribution in [0.2, 0.25) is 5.02 Å². The van der Waals surface area contributed by atoms with Crippen LogP contribution in [-0.2, 0) is 4.79 Å². The normalized spacial score (nSPS) is 11.9. The third kappa shape index (κ3) is 3.15. The number of carbonyl (C=O) groups is 1. The summed E-state index contributed by atoms with van der Waals surface area (Å²) in [5.41, 5.74) is 1.90. The van der Waals surface area contributed by atoms with Crippen molar-refractivity contribution in [2.24, 2.45) is 0 Å². The lowest BCUT2D eigenvalue weighted by molar-refractivity contribution is -0.117. The van der Waals surface area contributed by atoms with E-state index in [-0.39, 0.29) is 11.7 Å². The van der Waals surface area contributed by atoms with Crippen LogP contribution in [0.25, 0.3) is 0 Å². The van der Waals surface area contributed by atoms with E-state index < -0.39 is 0 Å². The van der Waals surface area contributed by atoms with Crippen molar-refractivity contribution in [3.8, 4) is 5.75 Å². The van der Waals surface area contributed by atoms with E-state index in [1.807, 2.05) is 36.4 Å². The number of ketones is 1. The van der Waals surface area contributed by atoms with Crippen LogP contribution in [0.15, 0.2) is 48.5 Å². The monoisotopic (exact) mass is 274 g/mol. The Bertz CT molecular complexity index is 558. The second-order valence-corrected chi connectivity index (χ2v) is 4.80. The molecule has 2 nitrogen and oxygen atoms in total. The zero-order valence-electron chi connectivity index (χ0n) is 10.9. The molecule has 0 bridgehead atoms. The van der Waals surface area contributed by atoms with Crippen LogP contribution in [0.4, 0.5) is 0 Å². The predicted molar refractivity (Wildman–Crippen MR) is 77.0 cm³/mol. The number of carbonyl (C=O) groups excluding carboxylic acids is 1. The minimum Gasteiger partial charge on any atom is -0.497 e. The molecule has 0 amide bonds. The molecule has 0 aliphatic carbocycles. The van der Waals surface area contributed by atoms with Gasteiger partial charge in [0.05, 0.1) is 13.0 Å². The van der Waals surface area contributed by atoms with E-state index in [0.29, 0.717) is 5.02 Å². The summed E-state index contributed by atoms with van der Waals surface area (Å²) < 4.78 is 5.13. The van der Waals surface area contributed by atoms with E-state index in [2.05, 4.69) is 0 Å². The molecule has 1 unspecified atom stereocenters. The lowest BCUT2D eigenvalue weighted by Crippen LogP contribution is -2.10. The van der Waals surface area contributed by atoms with Gasteiger partial charge in [0.2, 0.25) is 0 Å². The Morgan fingerprint density at radius 1 is 1.00 bits per heavy atom. The molecule has 0 saturated carbocycles. The lowest BCUT2D eigenvalue weighted by atomic mass is 9.88. The first-order valence-electron chi connectivity index (χ1n) is 6.01. The van der Waals surface area contributed by atoms with E-state index in [1.54, 1.807) is 26.2 Å². The first-order valence-corrected chi connectivity index (χ1v) is 6.39. The van der Waals surface area contributed by atoms with Gasteiger partial charge in [-0.15, -0.1) is 0 Å². The van der Waals surface area contributed by atoms with Gasteiger partial charge in [0.25, 0.3) is 0 Å². The molecule has 2 rings (SSSR count). The van der Waals surface area contributed by atoms with Crippen LogP contribution in [0.3, 0.4) is 0 Å². The van der Waals surface area contributed by atoms with Gasteiger partial charge in [0.15, 0.2) is 0 Å². The Labute approximate surface area is 118 Å². The van der Waals surface area contributed by atoms with Crippen molar-refractivity contribution in [2.45, 2.75) is 12.8 Å². The van der Waals surface area contributed by atoms with Crippen molar-refractivity contribution in [3.05, 3.63) is 64.7 Å². The molecular formula is C16H15ClO2. The number of ether oxygens (including phenoxy) is 1. The molecule has 0 aliphatic rings. The lowest BCUT2D eigenvalue weighted by Gasteiger charge is -2.15. The van der Waals surface area contributed by atoms with Gasteiger partial charge in [-0.25, -0.2) is 0 Å². The topological polar surface area (TPSA) is 26.3 Å². The Morgan fingerprint density at radius 2 is 1.47 bits per heavy atom. The van der Waals surface area contributed by atoms with Gasteiger partial charge in [-0.1, -0.05) is 35.9 Å². The highest BCUT2D eigenvalue weighted by molar-refractivity contribution is 6.30. The van der Waals surface area contributed by atoms with Gasteiger partial charge in [-0.2, -0.15) is 0 Å². The molecule has 0 saturated heterocycles. The summed E-state index contributed by atoms with van der Waals surface area (Å²) in [5.74, 6) is 0.623. The minimum atomic E-state index is -0.261. The van der Waals surface area contributed by atoms with Crippen LogP contribution in [0.1, 0.15) is 24.0 Å². The molecule has 0 fully saturated rings. The highest BCUT2D eigenvalue weighted by Gasteiger charge is 2.18. The van der Waals surface area contributed by atoms with Crippen molar-refractivity contribution < 1.29 is 9.53 Å². The van der Waals surface area contributed by atoms with Crippen LogP contribution in [0.5, 0.6) is 5.75 Å². The Balaban J connectivity index is 2.39. The summed E-state index contributed by atoms with van der Waals surface area (Å²) in [6.07, 6.45) is 0. The average molecular weight is 275 g/mol. The molecule has 2 aromatic rings. The molecular weight excluding hydrogens is 260 g/mol. The van der Waals surface area contributed by atoms with Crippen molar-refractivity contribution in [1.29, 1.82) is 0 Å². The minimum absolute atomic E-state index is 0.104. The number of hydrogen-bond donors (Lipinski definition) is 0. The van der Waals surface area contributed by atoms with Gasteiger partial charge in [0.1, 0.15) is 11.5 Å². The van der Waals surface area contributed by atoms with Crippen LogP contribution >= 0.6 is 11.6 Å². The van der Waals surface area contributed by atoms with Crippen molar-refractivity contribution in [2.75, 3.05) is 7.11 Å². The molecule has 0 aliphatic heterocycles. The zero-order chi connectivity index (χ0) is 13.8. The molecule has 2 aromatic carbocycles. The fraction of sp³-hybridized carbons (Fsp3) is 0.188. The number of Topliss-reactive ketones (excluding diaryl/α,β-unsaturated/α-hetero) is 1. The fourth-order valence-electron chi connectivity index (χ4n) is 2.11. The van der Waals surface area contributed by atoms with E-state index in [9.17, 15) is 4.79 Å². The van der Waals surface area contributed by atoms with Crippen molar-refractivity contribution >= 4 is 17.4 Å². The standard InChI is InChI=1S/C16H15ClO2/c1-11(18)16(12-3-7-14(17)8-4-12)13-5-9-15(19-2)10-6-13/h3-10,16H,1-2H3. The van der Waals surface area contributed by atoms with E-state index >= 15 is 0 Å². The third-order valence-corrected chi connectivity index (χ3v) is 3.31. The Kier molecular flexibility index (Phi) is 4.23. The first kappa shape index (κ1) is 13.6. The van der Waals surface area contributed by atoms with Gasteiger partial charge in [-0.05, 0) is 42.3 Å². The second kappa shape index (κ2) is 5.89. The van der Waals surface area contributed by atoms with Crippen LogP contribution < -0.4 is 4.74 Å². The number of methoxy groups -OCH3 is 1. The number of benzene rings is 2. The summed E-state index contributed by atoms with van der Waals surface area (Å²) in [4.78, 5) is 11.9. The molecule has 98 valence electrons. The summed E-state index contributed by atoms with van der Waals surface area (Å²) in [6, 6.07) is 14.9. The molecule has 0 heterocycles. The van der Waals surface area contributed by atoms with Crippen molar-refractivity contribution in [3.63, 3.8) is 0 Å². The summed E-state index contributed by atoms with van der Waals surface area (Å²) in [5, 5.41) is 0.667. The maximum Gasteiger partial charge on any atom is 0.141 e. The Hall–Kier alpha value is -1.80. The average Bonchev–Trinajstić information content (AvgIpc) is 2.42. The second-order valence-electron chi connectivity index (χ2n) is 4.37. The molecule has 1 atom stereocenters. The summed E-state index contributed by atoms with van der Waals surface area (Å²) in [6.45, 7) is 1.60. The van der Waals surface area contributed by atoms with E-state index in [1.165, 1.54) is 0 Å². The molecule has 0 radical (unpaired) electrons. The van der Waals surface area contributed by atoms with E-state index in [4.69, 9.17) is 16.3 Å². The largest absolute Gasteiger partial charge is 0.497 e. The number of halogens is 1. The number of rotatable bonds is 4. The summed E-state index contributed by atoms with van der Waals surface area (Å²) >= 11 is 5.88. The first-order chi connectivity index (χ1) is 9.11. The molecule has 0 aromatic heterocycles. The van der Waals surface area contributed by atoms with Crippen LogP contribution in [0, 0.1) is 0 Å². The smallest absolute Gasteiger partial charge is 0.141 e. The van der Waals surface area contributed by atoms with Crippen molar-refractivity contribution in [1.82, 2.24) is 0 Å². The molecule has 0 N–H and O–H groups in total. The van der Waals surface area contributed by atoms with Gasteiger partial charge < -0.3 is 4.74 Å². The zero-order valence-corrected chi connectivity index (χ0v) is 11.6. The number of hydrogen-bond acceptors (Lipinski definition) is 2. The highest BCUT2D eigenvalue weighted by atomic mass is 35.5. The van der Waals surface area contributed by atoms with E-state index in [0.717, 1.165) is 16.9 Å². The third-order valence-electron chi connectivity index (χ3n) is 3.06. The quantitative estimate of drug-likeness (QED) is 0.840. The molecule has 19 heavy (non-hydrogen) atoms. The molecule has 0 spiro atoms. The van der Waals surface area contributed by atoms with Gasteiger partial charge in [-0.3, -0.25) is 4.79 Å². The fourth-order valence-corrected chi connectivity index (χ4v) is 2.24. The Morgan fingerprint density at radius 3 is 1.89 bits per heavy atom. The maximum atomic E-state index is 11.9. The molecule has 3 heteroatoms. The maximum absolute atomic E-state index is 11.9. The SMILES string of the molecule is COc1ccc(C(C(C)=O)c2ccc(Cl)cc2)cc1. The highest BCUT2D eigenvalue weighted by Crippen LogP contribution is 2.28. The van der Waals surface area contributed by atoms with Gasteiger partial charge in [0, 0.05) is 5.02 Å². The van der Waals surface area contributed by atoms with Crippen LogP contribution in [-0.4, -0.2) is 12.9 Å². The summed E-state index contributed by atoms with van der Waals surface area (Å²) in [7, 11) is 1.62. The predicted octanol–water partition coefficient (Wildman–Crippen LogP) is 4.07.